The van der Waals surface area contributed by atoms with Gasteiger partial charge in [-0.2, -0.15) is 0 Å². The summed E-state index contributed by atoms with van der Waals surface area (Å²) in [5.41, 5.74) is 5.43. The molecule has 0 aliphatic carbocycles. The number of amides is 1. The van der Waals surface area contributed by atoms with Crippen LogP contribution in [0.1, 0.15) is 60.8 Å². The molecule has 0 spiro atoms. The molecule has 0 atom stereocenters. The number of benzene rings is 2. The average molecular weight is 390 g/mol. The van der Waals surface area contributed by atoms with Gasteiger partial charge in [-0.25, -0.2) is 0 Å². The highest BCUT2D eigenvalue weighted by Crippen LogP contribution is 2.26. The van der Waals surface area contributed by atoms with E-state index in [1.165, 1.54) is 37.1 Å². The number of hydrogen-bond acceptors (Lipinski definition) is 2. The second-order valence-electron chi connectivity index (χ2n) is 9.22. The summed E-state index contributed by atoms with van der Waals surface area (Å²) in [6.45, 7) is 10.5. The van der Waals surface area contributed by atoms with Crippen LogP contribution in [0.2, 0.25) is 0 Å². The van der Waals surface area contributed by atoms with Crippen LogP contribution in [0.15, 0.2) is 48.5 Å². The number of hydrogen-bond donors (Lipinski definition) is 2. The Morgan fingerprint density at radius 2 is 1.79 bits per heavy atom. The maximum absolute atomic E-state index is 12.7. The van der Waals surface area contributed by atoms with E-state index in [9.17, 15) is 4.79 Å². The zero-order valence-corrected chi connectivity index (χ0v) is 17.7. The van der Waals surface area contributed by atoms with Crippen molar-refractivity contribution in [2.75, 3.05) is 13.1 Å². The molecule has 3 aromatic rings. The van der Waals surface area contributed by atoms with E-state index >= 15 is 0 Å². The van der Waals surface area contributed by atoms with Gasteiger partial charge in [-0.3, -0.25) is 9.69 Å². The molecule has 1 fully saturated rings. The molecule has 1 aliphatic heterocycles. The minimum absolute atomic E-state index is 0.0662. The average Bonchev–Trinajstić information content (AvgIpc) is 3.34. The molecule has 1 amide bonds. The van der Waals surface area contributed by atoms with Crippen molar-refractivity contribution in [3.8, 4) is 0 Å². The van der Waals surface area contributed by atoms with Crippen molar-refractivity contribution < 1.29 is 4.79 Å². The number of aromatic amines is 1. The van der Waals surface area contributed by atoms with Crippen molar-refractivity contribution in [3.05, 3.63) is 70.9 Å². The van der Waals surface area contributed by atoms with E-state index in [1.807, 2.05) is 6.07 Å². The fourth-order valence-electron chi connectivity index (χ4n) is 4.04. The molecule has 152 valence electrons. The third-order valence-corrected chi connectivity index (χ3v) is 5.78. The van der Waals surface area contributed by atoms with Crippen LogP contribution in [-0.4, -0.2) is 28.9 Å². The van der Waals surface area contributed by atoms with Crippen LogP contribution in [0.25, 0.3) is 10.9 Å². The van der Waals surface area contributed by atoms with Gasteiger partial charge in [-0.05, 0) is 66.2 Å². The van der Waals surface area contributed by atoms with Gasteiger partial charge in [-0.1, -0.05) is 51.1 Å². The summed E-state index contributed by atoms with van der Waals surface area (Å²) >= 11 is 0. The Balaban J connectivity index is 1.41. The largest absolute Gasteiger partial charge is 0.351 e. The van der Waals surface area contributed by atoms with E-state index in [0.717, 1.165) is 23.0 Å². The fourth-order valence-corrected chi connectivity index (χ4v) is 4.04. The van der Waals surface area contributed by atoms with Gasteiger partial charge in [0.05, 0.1) is 0 Å². The van der Waals surface area contributed by atoms with Gasteiger partial charge in [0.1, 0.15) is 5.69 Å². The number of nitrogens with one attached hydrogen (secondary N) is 2. The molecule has 0 saturated carbocycles. The molecule has 0 radical (unpaired) electrons. The number of aromatic nitrogens is 1. The second kappa shape index (κ2) is 8.03. The molecule has 4 rings (SSSR count). The maximum Gasteiger partial charge on any atom is 0.267 e. The molecule has 1 saturated heterocycles. The maximum atomic E-state index is 12.7. The van der Waals surface area contributed by atoms with E-state index in [0.29, 0.717) is 12.2 Å². The third-order valence-electron chi connectivity index (χ3n) is 5.78. The fraction of sp³-hybridized carbons (Fsp3) is 0.400. The lowest BCUT2D eigenvalue weighted by atomic mass is 9.86. The van der Waals surface area contributed by atoms with Crippen molar-refractivity contribution in [2.45, 2.75) is 52.1 Å². The number of carbonyl (C=O) groups excluding carboxylic acids is 1. The standard InChI is InChI=1S/C25H31N3O/c1-25(2,3)21-9-10-22-20(14-21)15-23(27-22)24(29)26-16-18-7-6-8-19(13-18)17-28-11-4-5-12-28/h6-10,13-15,27H,4-5,11-12,16-17H2,1-3H3,(H,26,29). The summed E-state index contributed by atoms with van der Waals surface area (Å²) in [4.78, 5) is 18.4. The van der Waals surface area contributed by atoms with Gasteiger partial charge in [-0.15, -0.1) is 0 Å². The highest BCUT2D eigenvalue weighted by molar-refractivity contribution is 5.98. The molecule has 2 aromatic carbocycles. The highest BCUT2D eigenvalue weighted by Gasteiger charge is 2.16. The lowest BCUT2D eigenvalue weighted by Crippen LogP contribution is -2.23. The van der Waals surface area contributed by atoms with Crippen LogP contribution in [0.4, 0.5) is 0 Å². The summed E-state index contributed by atoms with van der Waals surface area (Å²) in [5.74, 6) is -0.0662. The summed E-state index contributed by atoms with van der Waals surface area (Å²) in [5, 5.41) is 4.14. The molecule has 0 bridgehead atoms. The van der Waals surface area contributed by atoms with Gasteiger partial charge in [0.25, 0.3) is 5.91 Å². The van der Waals surface area contributed by atoms with Crippen molar-refractivity contribution in [3.63, 3.8) is 0 Å². The van der Waals surface area contributed by atoms with E-state index in [4.69, 9.17) is 0 Å². The molecule has 4 nitrogen and oxygen atoms in total. The molecule has 1 aromatic heterocycles. The predicted molar refractivity (Wildman–Crippen MR) is 119 cm³/mol. The number of likely N-dealkylation sites (tertiary alicyclic amines) is 1. The third kappa shape index (κ3) is 4.70. The number of carbonyl (C=O) groups is 1. The summed E-state index contributed by atoms with van der Waals surface area (Å²) < 4.78 is 0. The molecular formula is C25H31N3O. The molecule has 2 heterocycles. The van der Waals surface area contributed by atoms with Crippen molar-refractivity contribution in [1.82, 2.24) is 15.2 Å². The summed E-state index contributed by atoms with van der Waals surface area (Å²) in [6, 6.07) is 16.9. The predicted octanol–water partition coefficient (Wildman–Crippen LogP) is 4.99. The number of nitrogens with zero attached hydrogens (tertiary/aromatic N) is 1. The summed E-state index contributed by atoms with van der Waals surface area (Å²) in [7, 11) is 0. The van der Waals surface area contributed by atoms with Crippen LogP contribution >= 0.6 is 0 Å². The normalized spacial score (nSPS) is 15.1. The SMILES string of the molecule is CC(C)(C)c1ccc2[nH]c(C(=O)NCc3cccc(CN4CCCC4)c3)cc2c1. The van der Waals surface area contributed by atoms with E-state index < -0.39 is 0 Å². The first kappa shape index (κ1) is 19.7. The van der Waals surface area contributed by atoms with Crippen molar-refractivity contribution >= 4 is 16.8 Å². The molecule has 0 unspecified atom stereocenters. The Labute approximate surface area is 173 Å². The first-order valence-corrected chi connectivity index (χ1v) is 10.6. The smallest absolute Gasteiger partial charge is 0.267 e. The monoisotopic (exact) mass is 389 g/mol. The minimum atomic E-state index is -0.0662. The molecule has 1 aliphatic rings. The van der Waals surface area contributed by atoms with Crippen LogP contribution in [-0.2, 0) is 18.5 Å². The number of H-pyrrole nitrogens is 1. The highest BCUT2D eigenvalue weighted by atomic mass is 16.1. The Kier molecular flexibility index (Phi) is 5.46. The van der Waals surface area contributed by atoms with Crippen molar-refractivity contribution in [2.24, 2.45) is 0 Å². The Hall–Kier alpha value is -2.59. The first-order chi connectivity index (χ1) is 13.9. The Morgan fingerprint density at radius 1 is 1.03 bits per heavy atom. The van der Waals surface area contributed by atoms with Crippen LogP contribution in [0.3, 0.4) is 0 Å². The van der Waals surface area contributed by atoms with Gasteiger partial charge >= 0.3 is 0 Å². The second-order valence-corrected chi connectivity index (χ2v) is 9.22. The van der Waals surface area contributed by atoms with Gasteiger partial charge < -0.3 is 10.3 Å². The van der Waals surface area contributed by atoms with Crippen LogP contribution < -0.4 is 5.32 Å². The Morgan fingerprint density at radius 3 is 2.55 bits per heavy atom. The lowest BCUT2D eigenvalue weighted by molar-refractivity contribution is 0.0946. The zero-order valence-electron chi connectivity index (χ0n) is 17.7. The number of fused-ring (bicyclic) bond motifs is 1. The van der Waals surface area contributed by atoms with Crippen LogP contribution in [0, 0.1) is 0 Å². The Bertz CT molecular complexity index is 1010. The van der Waals surface area contributed by atoms with E-state index in [1.54, 1.807) is 0 Å². The van der Waals surface area contributed by atoms with Crippen molar-refractivity contribution in [1.29, 1.82) is 0 Å². The lowest BCUT2D eigenvalue weighted by Gasteiger charge is -2.18. The van der Waals surface area contributed by atoms with E-state index in [-0.39, 0.29) is 11.3 Å². The topological polar surface area (TPSA) is 48.1 Å². The van der Waals surface area contributed by atoms with E-state index in [2.05, 4.69) is 78.4 Å². The first-order valence-electron chi connectivity index (χ1n) is 10.6. The molecule has 4 heteroatoms. The van der Waals surface area contributed by atoms with Gasteiger partial charge in [0.2, 0.25) is 0 Å². The quantitative estimate of drug-likeness (QED) is 0.646. The van der Waals surface area contributed by atoms with Gasteiger partial charge in [0, 0.05) is 24.0 Å². The zero-order chi connectivity index (χ0) is 20.4. The van der Waals surface area contributed by atoms with Gasteiger partial charge in [0.15, 0.2) is 0 Å². The molecule has 29 heavy (non-hydrogen) atoms. The molecular weight excluding hydrogens is 358 g/mol. The molecule has 2 N–H and O–H groups in total. The summed E-state index contributed by atoms with van der Waals surface area (Å²) in [6.07, 6.45) is 2.61. The number of rotatable bonds is 5. The van der Waals surface area contributed by atoms with Crippen LogP contribution in [0.5, 0.6) is 0 Å². The minimum Gasteiger partial charge on any atom is -0.351 e.